The lowest BCUT2D eigenvalue weighted by Gasteiger charge is -2.18. The molecule has 0 saturated heterocycles. The molecule has 0 aliphatic carbocycles. The van der Waals surface area contributed by atoms with Crippen molar-refractivity contribution in [2.75, 3.05) is 6.54 Å². The molecular formula is C12H15ClN2O5. The molecule has 7 nitrogen and oxygen atoms in total. The predicted octanol–water partition coefficient (Wildman–Crippen LogP) is 1.17. The fourth-order valence-electron chi connectivity index (χ4n) is 1.69. The van der Waals surface area contributed by atoms with Crippen LogP contribution in [0.3, 0.4) is 0 Å². The van der Waals surface area contributed by atoms with E-state index in [1.165, 1.54) is 19.1 Å². The Morgan fingerprint density at radius 1 is 1.50 bits per heavy atom. The molecule has 20 heavy (non-hydrogen) atoms. The smallest absolute Gasteiger partial charge is 0.276 e. The molecule has 8 heteroatoms. The quantitative estimate of drug-likeness (QED) is 0.539. The average Bonchev–Trinajstić information content (AvgIpc) is 2.37. The predicted molar refractivity (Wildman–Crippen MR) is 72.4 cm³/mol. The highest BCUT2D eigenvalue weighted by atomic mass is 35.5. The molecule has 0 spiro atoms. The van der Waals surface area contributed by atoms with Crippen molar-refractivity contribution >= 4 is 23.2 Å². The number of aliphatic hydroxyl groups is 2. The summed E-state index contributed by atoms with van der Waals surface area (Å²) < 4.78 is 0. The first-order valence-electron chi connectivity index (χ1n) is 5.87. The molecule has 1 rings (SSSR count). The van der Waals surface area contributed by atoms with Crippen LogP contribution in [0.4, 0.5) is 5.69 Å². The third kappa shape index (κ3) is 4.44. The maximum absolute atomic E-state index is 10.9. The van der Waals surface area contributed by atoms with Crippen molar-refractivity contribution in [3.05, 3.63) is 38.9 Å². The minimum atomic E-state index is -1.43. The van der Waals surface area contributed by atoms with Gasteiger partial charge in [0.1, 0.15) is 6.10 Å². The lowest BCUT2D eigenvalue weighted by molar-refractivity contribution is -0.386. The molecule has 1 aromatic rings. The number of carbonyl (C=O) groups is 1. The Bertz CT molecular complexity index is 509. The van der Waals surface area contributed by atoms with Crippen LogP contribution < -0.4 is 5.32 Å². The van der Waals surface area contributed by atoms with Crippen LogP contribution >= 0.6 is 11.6 Å². The van der Waals surface area contributed by atoms with E-state index in [0.29, 0.717) is 0 Å². The van der Waals surface area contributed by atoms with Gasteiger partial charge in [0.25, 0.3) is 5.69 Å². The number of carbonyl (C=O) groups excluding carboxylic acids is 1. The number of hydrogen-bond donors (Lipinski definition) is 3. The summed E-state index contributed by atoms with van der Waals surface area (Å²) >= 11 is 5.67. The molecular weight excluding hydrogens is 288 g/mol. The zero-order chi connectivity index (χ0) is 15.3. The largest absolute Gasteiger partial charge is 0.390 e. The van der Waals surface area contributed by atoms with Crippen LogP contribution in [-0.4, -0.2) is 33.7 Å². The SMILES string of the molecule is CC(=O)NCCC(O)C(O)c1ccc(Cl)cc1[N+](=O)[O-]. The molecule has 2 atom stereocenters. The standard InChI is InChI=1S/C12H15ClN2O5/c1-7(16)14-5-4-11(17)12(18)9-3-2-8(13)6-10(9)15(19)20/h2-3,6,11-12,17-18H,4-5H2,1H3,(H,14,16). The molecule has 1 amide bonds. The molecule has 3 N–H and O–H groups in total. The Morgan fingerprint density at radius 2 is 2.15 bits per heavy atom. The van der Waals surface area contributed by atoms with Gasteiger partial charge in [-0.2, -0.15) is 0 Å². The van der Waals surface area contributed by atoms with E-state index in [2.05, 4.69) is 5.32 Å². The Balaban J connectivity index is 2.83. The fraction of sp³-hybridized carbons (Fsp3) is 0.417. The van der Waals surface area contributed by atoms with Gasteiger partial charge < -0.3 is 15.5 Å². The van der Waals surface area contributed by atoms with E-state index in [0.717, 1.165) is 6.07 Å². The second kappa shape index (κ2) is 7.18. The van der Waals surface area contributed by atoms with Gasteiger partial charge in [0.05, 0.1) is 16.6 Å². The van der Waals surface area contributed by atoms with Gasteiger partial charge in [-0.1, -0.05) is 11.6 Å². The number of nitro benzene ring substituents is 1. The lowest BCUT2D eigenvalue weighted by Crippen LogP contribution is -2.27. The summed E-state index contributed by atoms with van der Waals surface area (Å²) in [5.41, 5.74) is -0.377. The van der Waals surface area contributed by atoms with E-state index in [4.69, 9.17) is 11.6 Å². The summed E-state index contributed by atoms with van der Waals surface area (Å²) in [6.45, 7) is 1.49. The Labute approximate surface area is 120 Å². The summed E-state index contributed by atoms with van der Waals surface area (Å²) in [7, 11) is 0. The fourth-order valence-corrected chi connectivity index (χ4v) is 1.85. The van der Waals surface area contributed by atoms with Crippen LogP contribution in [-0.2, 0) is 4.79 Å². The van der Waals surface area contributed by atoms with Gasteiger partial charge in [-0.15, -0.1) is 0 Å². The zero-order valence-electron chi connectivity index (χ0n) is 10.7. The number of nitro groups is 1. The molecule has 0 aromatic heterocycles. The highest BCUT2D eigenvalue weighted by molar-refractivity contribution is 6.30. The van der Waals surface area contributed by atoms with Crippen molar-refractivity contribution in [1.29, 1.82) is 0 Å². The average molecular weight is 303 g/mol. The van der Waals surface area contributed by atoms with E-state index in [1.54, 1.807) is 0 Å². The van der Waals surface area contributed by atoms with Gasteiger partial charge in [-0.25, -0.2) is 0 Å². The van der Waals surface area contributed by atoms with Crippen LogP contribution in [0.15, 0.2) is 18.2 Å². The number of halogens is 1. The van der Waals surface area contributed by atoms with Crippen LogP contribution in [0.1, 0.15) is 25.0 Å². The van der Waals surface area contributed by atoms with Crippen LogP contribution in [0.2, 0.25) is 5.02 Å². The van der Waals surface area contributed by atoms with Gasteiger partial charge in [-0.05, 0) is 18.6 Å². The Hall–Kier alpha value is -1.70. The highest BCUT2D eigenvalue weighted by Crippen LogP contribution is 2.30. The number of benzene rings is 1. The number of hydrogen-bond acceptors (Lipinski definition) is 5. The van der Waals surface area contributed by atoms with Crippen molar-refractivity contribution in [2.45, 2.75) is 25.6 Å². The number of amides is 1. The molecule has 0 aliphatic heterocycles. The molecule has 110 valence electrons. The van der Waals surface area contributed by atoms with E-state index in [9.17, 15) is 25.1 Å². The summed E-state index contributed by atoms with van der Waals surface area (Å²) in [6, 6.07) is 3.81. The van der Waals surface area contributed by atoms with Crippen molar-refractivity contribution in [1.82, 2.24) is 5.32 Å². The molecule has 1 aromatic carbocycles. The Morgan fingerprint density at radius 3 is 2.70 bits per heavy atom. The van der Waals surface area contributed by atoms with Crippen molar-refractivity contribution in [3.63, 3.8) is 0 Å². The number of aliphatic hydroxyl groups excluding tert-OH is 2. The van der Waals surface area contributed by atoms with E-state index < -0.39 is 17.1 Å². The summed E-state index contributed by atoms with van der Waals surface area (Å²) in [6.07, 6.45) is -2.59. The van der Waals surface area contributed by atoms with Crippen LogP contribution in [0.5, 0.6) is 0 Å². The highest BCUT2D eigenvalue weighted by Gasteiger charge is 2.26. The summed E-state index contributed by atoms with van der Waals surface area (Å²) in [5.74, 6) is -0.260. The molecule has 0 fully saturated rings. The summed E-state index contributed by atoms with van der Waals surface area (Å²) in [5, 5.41) is 33.3. The molecule has 0 radical (unpaired) electrons. The normalized spacial score (nSPS) is 13.6. The number of rotatable bonds is 6. The van der Waals surface area contributed by atoms with Gasteiger partial charge in [-0.3, -0.25) is 14.9 Å². The topological polar surface area (TPSA) is 113 Å². The van der Waals surface area contributed by atoms with E-state index in [1.807, 2.05) is 0 Å². The first-order valence-corrected chi connectivity index (χ1v) is 6.25. The first-order chi connectivity index (χ1) is 9.32. The minimum absolute atomic E-state index is 0.0188. The van der Waals surface area contributed by atoms with Gasteiger partial charge in [0.2, 0.25) is 5.91 Å². The third-order valence-corrected chi connectivity index (χ3v) is 2.92. The van der Waals surface area contributed by atoms with Crippen molar-refractivity contribution in [3.8, 4) is 0 Å². The second-order valence-electron chi connectivity index (χ2n) is 4.24. The van der Waals surface area contributed by atoms with Crippen molar-refractivity contribution in [2.24, 2.45) is 0 Å². The number of nitrogens with one attached hydrogen (secondary N) is 1. The molecule has 0 aliphatic rings. The molecule has 0 bridgehead atoms. The summed E-state index contributed by atoms with van der Waals surface area (Å²) in [4.78, 5) is 20.9. The third-order valence-electron chi connectivity index (χ3n) is 2.69. The van der Waals surface area contributed by atoms with Crippen molar-refractivity contribution < 1.29 is 19.9 Å². The monoisotopic (exact) mass is 302 g/mol. The van der Waals surface area contributed by atoms with E-state index >= 15 is 0 Å². The zero-order valence-corrected chi connectivity index (χ0v) is 11.5. The lowest BCUT2D eigenvalue weighted by atomic mass is 10.0. The van der Waals surface area contributed by atoms with Gasteiger partial charge >= 0.3 is 0 Å². The minimum Gasteiger partial charge on any atom is -0.390 e. The van der Waals surface area contributed by atoms with Crippen LogP contribution in [0.25, 0.3) is 0 Å². The van der Waals surface area contributed by atoms with Gasteiger partial charge in [0, 0.05) is 24.6 Å². The maximum atomic E-state index is 10.9. The van der Waals surface area contributed by atoms with Crippen LogP contribution in [0, 0.1) is 10.1 Å². The molecule has 0 heterocycles. The Kier molecular flexibility index (Phi) is 5.87. The van der Waals surface area contributed by atoms with E-state index in [-0.39, 0.29) is 35.1 Å². The second-order valence-corrected chi connectivity index (χ2v) is 4.68. The molecule has 0 saturated carbocycles. The number of nitrogens with zero attached hydrogens (tertiary/aromatic N) is 1. The van der Waals surface area contributed by atoms with Gasteiger partial charge in [0.15, 0.2) is 0 Å². The molecule has 2 unspecified atom stereocenters. The first kappa shape index (κ1) is 16.4. The maximum Gasteiger partial charge on any atom is 0.276 e.